The van der Waals surface area contributed by atoms with E-state index in [1.165, 1.54) is 37.6 Å². The van der Waals surface area contributed by atoms with Crippen molar-refractivity contribution in [3.8, 4) is 5.75 Å². The quantitative estimate of drug-likeness (QED) is 0.443. The number of benzene rings is 1. The normalized spacial score (nSPS) is 18.3. The summed E-state index contributed by atoms with van der Waals surface area (Å²) in [5, 5.41) is 12.5. The standard InChI is InChI=1S/C22H23N3O6/c1-31-15-11-13(18(26)17-7-3-5-8-24-17)10-14(12-15)19(27)22(23,21(29)30)16-6-2-4-9-25-20(16)28/h3,5,7-8,10-12,16H,2,4,6,9,23H2,1H3,(H,25,28)(H,29,30). The average Bonchev–Trinajstić information content (AvgIpc) is 3.02. The van der Waals surface area contributed by atoms with Crippen LogP contribution in [-0.4, -0.2) is 52.7 Å². The van der Waals surface area contributed by atoms with Crippen LogP contribution in [0, 0.1) is 5.92 Å². The minimum Gasteiger partial charge on any atom is -0.497 e. The molecular formula is C22H23N3O6. The number of hydrogen-bond acceptors (Lipinski definition) is 7. The molecule has 162 valence electrons. The molecule has 1 amide bonds. The van der Waals surface area contributed by atoms with Gasteiger partial charge in [0.15, 0.2) is 11.3 Å². The molecular weight excluding hydrogens is 402 g/mol. The summed E-state index contributed by atoms with van der Waals surface area (Å²) < 4.78 is 5.20. The van der Waals surface area contributed by atoms with Gasteiger partial charge in [0.2, 0.25) is 11.7 Å². The second-order valence-corrected chi connectivity index (χ2v) is 7.34. The largest absolute Gasteiger partial charge is 0.497 e. The lowest BCUT2D eigenvalue weighted by molar-refractivity contribution is -0.146. The maximum absolute atomic E-state index is 13.4. The Labute approximate surface area is 178 Å². The highest BCUT2D eigenvalue weighted by atomic mass is 16.5. The number of rotatable bonds is 7. The summed E-state index contributed by atoms with van der Waals surface area (Å²) in [6.45, 7) is 0.390. The number of Topliss-reactive ketones (excluding diaryl/α,β-unsaturated/α-hetero) is 1. The second kappa shape index (κ2) is 9.05. The Morgan fingerprint density at radius 1 is 1.19 bits per heavy atom. The van der Waals surface area contributed by atoms with Crippen LogP contribution in [-0.2, 0) is 9.59 Å². The van der Waals surface area contributed by atoms with E-state index in [-0.39, 0.29) is 29.0 Å². The summed E-state index contributed by atoms with van der Waals surface area (Å²) in [7, 11) is 1.35. The maximum atomic E-state index is 13.4. The molecule has 2 atom stereocenters. The molecule has 1 saturated heterocycles. The molecule has 2 aromatic rings. The number of amides is 1. The van der Waals surface area contributed by atoms with Gasteiger partial charge in [-0.1, -0.05) is 12.5 Å². The van der Waals surface area contributed by atoms with Crippen LogP contribution in [0.25, 0.3) is 0 Å². The highest BCUT2D eigenvalue weighted by molar-refractivity contribution is 6.19. The molecule has 2 unspecified atom stereocenters. The van der Waals surface area contributed by atoms with Gasteiger partial charge in [-0.3, -0.25) is 19.4 Å². The fourth-order valence-electron chi connectivity index (χ4n) is 3.64. The molecule has 0 aliphatic carbocycles. The molecule has 2 heterocycles. The van der Waals surface area contributed by atoms with E-state index in [0.717, 1.165) is 0 Å². The number of aliphatic carboxylic acids is 1. The molecule has 9 nitrogen and oxygen atoms in total. The number of ketones is 2. The summed E-state index contributed by atoms with van der Waals surface area (Å²) in [5.41, 5.74) is 3.73. The predicted octanol–water partition coefficient (Wildman–Crippen LogP) is 1.20. The van der Waals surface area contributed by atoms with Gasteiger partial charge < -0.3 is 20.9 Å². The van der Waals surface area contributed by atoms with Gasteiger partial charge in [0.05, 0.1) is 13.0 Å². The average molecular weight is 425 g/mol. The number of hydrogen-bond donors (Lipinski definition) is 3. The lowest BCUT2D eigenvalue weighted by atomic mass is 9.75. The number of methoxy groups -OCH3 is 1. The first-order valence-corrected chi connectivity index (χ1v) is 9.78. The topological polar surface area (TPSA) is 149 Å². The third-order valence-corrected chi connectivity index (χ3v) is 5.38. The van der Waals surface area contributed by atoms with Crippen LogP contribution in [0.3, 0.4) is 0 Å². The van der Waals surface area contributed by atoms with Crippen molar-refractivity contribution in [3.05, 3.63) is 59.4 Å². The Bertz CT molecular complexity index is 1020. The number of aromatic nitrogens is 1. The number of carboxylic acid groups (broad SMARTS) is 1. The van der Waals surface area contributed by atoms with E-state index in [0.29, 0.717) is 19.4 Å². The first kappa shape index (κ1) is 22.1. The van der Waals surface area contributed by atoms with E-state index in [1.807, 2.05) is 0 Å². The number of carboxylic acids is 1. The van der Waals surface area contributed by atoms with Crippen LogP contribution >= 0.6 is 0 Å². The Balaban J connectivity index is 2.07. The smallest absolute Gasteiger partial charge is 0.332 e. The Morgan fingerprint density at radius 3 is 2.58 bits per heavy atom. The zero-order chi connectivity index (χ0) is 22.6. The van der Waals surface area contributed by atoms with E-state index >= 15 is 0 Å². The molecule has 31 heavy (non-hydrogen) atoms. The molecule has 0 radical (unpaired) electrons. The number of ether oxygens (including phenoxy) is 1. The second-order valence-electron chi connectivity index (χ2n) is 7.34. The molecule has 1 fully saturated rings. The number of nitrogens with zero attached hydrogens (tertiary/aromatic N) is 1. The van der Waals surface area contributed by atoms with Crippen molar-refractivity contribution >= 4 is 23.4 Å². The number of pyridine rings is 1. The maximum Gasteiger partial charge on any atom is 0.332 e. The Hall–Kier alpha value is -3.59. The molecule has 0 bridgehead atoms. The molecule has 0 spiro atoms. The van der Waals surface area contributed by atoms with E-state index in [1.54, 1.807) is 12.1 Å². The van der Waals surface area contributed by atoms with Crippen molar-refractivity contribution in [2.24, 2.45) is 11.7 Å². The molecule has 9 heteroatoms. The van der Waals surface area contributed by atoms with E-state index in [2.05, 4.69) is 10.3 Å². The van der Waals surface area contributed by atoms with Crippen molar-refractivity contribution < 1.29 is 29.0 Å². The molecule has 1 aromatic heterocycles. The van der Waals surface area contributed by atoms with Crippen LogP contribution < -0.4 is 15.8 Å². The zero-order valence-corrected chi connectivity index (χ0v) is 17.0. The Kier molecular flexibility index (Phi) is 6.45. The Morgan fingerprint density at radius 2 is 1.94 bits per heavy atom. The van der Waals surface area contributed by atoms with Gasteiger partial charge in [0, 0.05) is 23.9 Å². The molecule has 0 saturated carbocycles. The molecule has 3 rings (SSSR count). The first-order valence-electron chi connectivity index (χ1n) is 9.78. The van der Waals surface area contributed by atoms with Gasteiger partial charge in [0.1, 0.15) is 11.4 Å². The van der Waals surface area contributed by atoms with Crippen LogP contribution in [0.15, 0.2) is 42.6 Å². The predicted molar refractivity (Wildman–Crippen MR) is 110 cm³/mol. The van der Waals surface area contributed by atoms with Gasteiger partial charge >= 0.3 is 5.97 Å². The van der Waals surface area contributed by atoms with Crippen LogP contribution in [0.5, 0.6) is 5.75 Å². The summed E-state index contributed by atoms with van der Waals surface area (Å²) in [6, 6.07) is 8.80. The van der Waals surface area contributed by atoms with Crippen LogP contribution in [0.1, 0.15) is 45.7 Å². The number of nitrogens with two attached hydrogens (primary N) is 1. The van der Waals surface area contributed by atoms with Gasteiger partial charge in [-0.2, -0.15) is 0 Å². The van der Waals surface area contributed by atoms with Crippen molar-refractivity contribution in [3.63, 3.8) is 0 Å². The van der Waals surface area contributed by atoms with E-state index < -0.39 is 34.9 Å². The highest BCUT2D eigenvalue weighted by Crippen LogP contribution is 2.30. The van der Waals surface area contributed by atoms with Crippen molar-refractivity contribution in [2.75, 3.05) is 13.7 Å². The van der Waals surface area contributed by atoms with E-state index in [4.69, 9.17) is 10.5 Å². The van der Waals surface area contributed by atoms with Crippen LogP contribution in [0.4, 0.5) is 0 Å². The minimum absolute atomic E-state index is 0.0828. The van der Waals surface area contributed by atoms with Gasteiger partial charge in [-0.25, -0.2) is 4.79 Å². The van der Waals surface area contributed by atoms with Gasteiger partial charge in [-0.05, 0) is 43.2 Å². The molecule has 1 aromatic carbocycles. The summed E-state index contributed by atoms with van der Waals surface area (Å²) in [6.07, 6.45) is 2.82. The summed E-state index contributed by atoms with van der Waals surface area (Å²) >= 11 is 0. The van der Waals surface area contributed by atoms with Crippen molar-refractivity contribution in [1.82, 2.24) is 10.3 Å². The number of carbonyl (C=O) groups excluding carboxylic acids is 3. The minimum atomic E-state index is -2.49. The lowest BCUT2D eigenvalue weighted by Crippen LogP contribution is -2.63. The fraction of sp³-hybridized carbons (Fsp3) is 0.318. The third kappa shape index (κ3) is 4.31. The third-order valence-electron chi connectivity index (χ3n) is 5.38. The van der Waals surface area contributed by atoms with Gasteiger partial charge in [-0.15, -0.1) is 0 Å². The highest BCUT2D eigenvalue weighted by Gasteiger charge is 2.52. The SMILES string of the molecule is COc1cc(C(=O)c2ccccn2)cc(C(=O)C(N)(C(=O)O)C2CCCCNC2=O)c1. The summed E-state index contributed by atoms with van der Waals surface area (Å²) in [4.78, 5) is 54.9. The monoisotopic (exact) mass is 425 g/mol. The fourth-order valence-corrected chi connectivity index (χ4v) is 3.64. The lowest BCUT2D eigenvalue weighted by Gasteiger charge is -2.30. The van der Waals surface area contributed by atoms with Crippen molar-refractivity contribution in [2.45, 2.75) is 24.8 Å². The molecule has 4 N–H and O–H groups in total. The first-order chi connectivity index (χ1) is 14.8. The van der Waals surface area contributed by atoms with E-state index in [9.17, 15) is 24.3 Å². The molecule has 1 aliphatic rings. The number of nitrogens with one attached hydrogen (secondary N) is 1. The summed E-state index contributed by atoms with van der Waals surface area (Å²) in [5.74, 6) is -4.72. The van der Waals surface area contributed by atoms with Crippen molar-refractivity contribution in [1.29, 1.82) is 0 Å². The zero-order valence-electron chi connectivity index (χ0n) is 17.0. The van der Waals surface area contributed by atoms with Gasteiger partial charge in [0.25, 0.3) is 0 Å². The molecule has 1 aliphatic heterocycles. The van der Waals surface area contributed by atoms with Crippen LogP contribution in [0.2, 0.25) is 0 Å². The number of carbonyl (C=O) groups is 4.